The van der Waals surface area contributed by atoms with Crippen LogP contribution in [-0.2, 0) is 11.3 Å². The lowest BCUT2D eigenvalue weighted by molar-refractivity contribution is -0.120. The van der Waals surface area contributed by atoms with Gasteiger partial charge in [-0.1, -0.05) is 48.0 Å². The molecule has 3 aromatic rings. The highest BCUT2D eigenvalue weighted by atomic mass is 16.2. The van der Waals surface area contributed by atoms with Crippen LogP contribution in [0, 0.1) is 6.92 Å². The van der Waals surface area contributed by atoms with Gasteiger partial charge >= 0.3 is 0 Å². The fraction of sp³-hybridized carbons (Fsp3) is 0.136. The molecule has 7 heteroatoms. The maximum atomic E-state index is 12.6. The van der Waals surface area contributed by atoms with Crippen LogP contribution in [0.2, 0.25) is 0 Å². The minimum absolute atomic E-state index is 0.0175. The Kier molecular flexibility index (Phi) is 6.42. The van der Waals surface area contributed by atoms with Gasteiger partial charge in [0.05, 0.1) is 13.1 Å². The average Bonchev–Trinajstić information content (AvgIpc) is 2.74. The van der Waals surface area contributed by atoms with Crippen molar-refractivity contribution in [3.8, 4) is 0 Å². The number of aryl methyl sites for hydroxylation is 1. The number of nitrogens with zero attached hydrogens (tertiary/aromatic N) is 1. The van der Waals surface area contributed by atoms with Crippen molar-refractivity contribution in [2.45, 2.75) is 13.5 Å². The van der Waals surface area contributed by atoms with E-state index < -0.39 is 17.4 Å². The summed E-state index contributed by atoms with van der Waals surface area (Å²) in [4.78, 5) is 36.8. The van der Waals surface area contributed by atoms with Gasteiger partial charge in [-0.15, -0.1) is 0 Å². The van der Waals surface area contributed by atoms with Crippen molar-refractivity contribution >= 4 is 17.5 Å². The number of carbonyl (C=O) groups is 2. The first kappa shape index (κ1) is 19.9. The molecule has 1 aromatic heterocycles. The maximum absolute atomic E-state index is 12.6. The SMILES string of the molecule is Cc1ccc(NCC(=O)NNC(=O)c2cccn(Cc3ccccc3)c2=O)cc1. The molecule has 148 valence electrons. The van der Waals surface area contributed by atoms with E-state index in [1.54, 1.807) is 12.3 Å². The minimum atomic E-state index is -0.666. The van der Waals surface area contributed by atoms with E-state index in [-0.39, 0.29) is 12.1 Å². The van der Waals surface area contributed by atoms with E-state index in [4.69, 9.17) is 0 Å². The van der Waals surface area contributed by atoms with Crippen molar-refractivity contribution in [3.63, 3.8) is 0 Å². The van der Waals surface area contributed by atoms with Crippen LogP contribution in [0.15, 0.2) is 77.7 Å². The number of hydrazine groups is 1. The molecule has 29 heavy (non-hydrogen) atoms. The quantitative estimate of drug-likeness (QED) is 0.562. The molecule has 0 atom stereocenters. The van der Waals surface area contributed by atoms with Gasteiger partial charge in [0.1, 0.15) is 5.56 Å². The zero-order valence-corrected chi connectivity index (χ0v) is 16.0. The number of amides is 2. The fourth-order valence-electron chi connectivity index (χ4n) is 2.71. The largest absolute Gasteiger partial charge is 0.376 e. The Morgan fingerprint density at radius 2 is 1.62 bits per heavy atom. The molecule has 3 N–H and O–H groups in total. The summed E-state index contributed by atoms with van der Waals surface area (Å²) in [7, 11) is 0. The molecule has 0 saturated heterocycles. The molecule has 0 unspecified atom stereocenters. The normalized spacial score (nSPS) is 10.2. The van der Waals surface area contributed by atoms with Crippen molar-refractivity contribution in [1.29, 1.82) is 0 Å². The van der Waals surface area contributed by atoms with Crippen LogP contribution < -0.4 is 21.7 Å². The molecular formula is C22H22N4O3. The highest BCUT2D eigenvalue weighted by molar-refractivity contribution is 5.95. The van der Waals surface area contributed by atoms with Crippen LogP contribution >= 0.6 is 0 Å². The number of carbonyl (C=O) groups excluding carboxylic acids is 2. The van der Waals surface area contributed by atoms with Crippen molar-refractivity contribution in [2.75, 3.05) is 11.9 Å². The van der Waals surface area contributed by atoms with E-state index in [0.717, 1.165) is 16.8 Å². The van der Waals surface area contributed by atoms with Crippen molar-refractivity contribution in [2.24, 2.45) is 0 Å². The third kappa shape index (κ3) is 5.55. The van der Waals surface area contributed by atoms with Crippen LogP contribution in [0.25, 0.3) is 0 Å². The van der Waals surface area contributed by atoms with Crippen molar-refractivity contribution in [3.05, 3.63) is 100.0 Å². The van der Waals surface area contributed by atoms with Crippen LogP contribution in [0.1, 0.15) is 21.5 Å². The number of benzene rings is 2. The number of hydrogen-bond donors (Lipinski definition) is 3. The number of nitrogens with one attached hydrogen (secondary N) is 3. The molecule has 0 saturated carbocycles. The summed E-state index contributed by atoms with van der Waals surface area (Å²) >= 11 is 0. The summed E-state index contributed by atoms with van der Waals surface area (Å²) < 4.78 is 1.45. The lowest BCUT2D eigenvalue weighted by atomic mass is 10.2. The second kappa shape index (κ2) is 9.36. The maximum Gasteiger partial charge on any atom is 0.275 e. The Hall–Kier alpha value is -3.87. The Labute approximate surface area is 168 Å². The summed E-state index contributed by atoms with van der Waals surface area (Å²) in [5, 5.41) is 2.95. The topological polar surface area (TPSA) is 92.2 Å². The summed E-state index contributed by atoms with van der Waals surface area (Å²) in [5.41, 5.74) is 6.98. The molecule has 0 aliphatic heterocycles. The van der Waals surface area contributed by atoms with Gasteiger partial charge in [0.2, 0.25) is 0 Å². The minimum Gasteiger partial charge on any atom is -0.376 e. The Morgan fingerprint density at radius 1 is 0.897 bits per heavy atom. The summed E-state index contributed by atoms with van der Waals surface area (Å²) in [6.07, 6.45) is 1.62. The van der Waals surface area contributed by atoms with Gasteiger partial charge in [-0.05, 0) is 36.8 Å². The molecule has 7 nitrogen and oxygen atoms in total. The van der Waals surface area contributed by atoms with Gasteiger partial charge < -0.3 is 9.88 Å². The van der Waals surface area contributed by atoms with Crippen molar-refractivity contribution in [1.82, 2.24) is 15.4 Å². The van der Waals surface area contributed by atoms with Gasteiger partial charge in [0.15, 0.2) is 0 Å². The first-order chi connectivity index (χ1) is 14.0. The molecule has 0 aliphatic carbocycles. The number of hydrogen-bond acceptors (Lipinski definition) is 4. The predicted octanol–water partition coefficient (Wildman–Crippen LogP) is 2.08. The second-order valence-electron chi connectivity index (χ2n) is 6.56. The standard InChI is InChI=1S/C22H22N4O3/c1-16-9-11-18(12-10-16)23-14-20(27)24-25-21(28)19-8-5-13-26(22(19)29)15-17-6-3-2-4-7-17/h2-13,23H,14-15H2,1H3,(H,24,27)(H,25,28). The highest BCUT2D eigenvalue weighted by Crippen LogP contribution is 2.07. The van der Waals surface area contributed by atoms with E-state index in [1.807, 2.05) is 61.5 Å². The van der Waals surface area contributed by atoms with Gasteiger partial charge in [-0.3, -0.25) is 25.2 Å². The first-order valence-electron chi connectivity index (χ1n) is 9.16. The van der Waals surface area contributed by atoms with Crippen molar-refractivity contribution < 1.29 is 9.59 Å². The number of pyridine rings is 1. The third-order valence-corrected chi connectivity index (χ3v) is 4.28. The summed E-state index contributed by atoms with van der Waals surface area (Å²) in [6.45, 7) is 2.31. The molecular weight excluding hydrogens is 368 g/mol. The van der Waals surface area contributed by atoms with Crippen LogP contribution in [-0.4, -0.2) is 22.9 Å². The summed E-state index contributed by atoms with van der Waals surface area (Å²) in [6, 6.07) is 20.1. The third-order valence-electron chi connectivity index (χ3n) is 4.28. The zero-order chi connectivity index (χ0) is 20.6. The van der Waals surface area contributed by atoms with Crippen LogP contribution in [0.3, 0.4) is 0 Å². The lowest BCUT2D eigenvalue weighted by Gasteiger charge is -2.11. The van der Waals surface area contributed by atoms with E-state index in [2.05, 4.69) is 16.2 Å². The van der Waals surface area contributed by atoms with Crippen LogP contribution in [0.4, 0.5) is 5.69 Å². The molecule has 0 bridgehead atoms. The lowest BCUT2D eigenvalue weighted by Crippen LogP contribution is -2.46. The average molecular weight is 390 g/mol. The van der Waals surface area contributed by atoms with E-state index in [9.17, 15) is 14.4 Å². The van der Waals surface area contributed by atoms with E-state index >= 15 is 0 Å². The van der Waals surface area contributed by atoms with E-state index in [0.29, 0.717) is 6.54 Å². The monoisotopic (exact) mass is 390 g/mol. The molecule has 2 aromatic carbocycles. The van der Waals surface area contributed by atoms with Gasteiger partial charge in [0.25, 0.3) is 17.4 Å². The highest BCUT2D eigenvalue weighted by Gasteiger charge is 2.13. The first-order valence-corrected chi connectivity index (χ1v) is 9.16. The molecule has 3 rings (SSSR count). The smallest absolute Gasteiger partial charge is 0.275 e. The zero-order valence-electron chi connectivity index (χ0n) is 16.0. The number of rotatable bonds is 6. The molecule has 1 heterocycles. The van der Waals surface area contributed by atoms with Crippen LogP contribution in [0.5, 0.6) is 0 Å². The molecule has 0 fully saturated rings. The molecule has 2 amide bonds. The predicted molar refractivity (Wildman–Crippen MR) is 112 cm³/mol. The number of aromatic nitrogens is 1. The second-order valence-corrected chi connectivity index (χ2v) is 6.56. The Balaban J connectivity index is 1.56. The van der Waals surface area contributed by atoms with E-state index in [1.165, 1.54) is 10.6 Å². The number of anilines is 1. The van der Waals surface area contributed by atoms with Gasteiger partial charge in [-0.25, -0.2) is 0 Å². The fourth-order valence-corrected chi connectivity index (χ4v) is 2.71. The molecule has 0 aliphatic rings. The molecule has 0 radical (unpaired) electrons. The van der Waals surface area contributed by atoms with Gasteiger partial charge in [-0.2, -0.15) is 0 Å². The molecule has 0 spiro atoms. The van der Waals surface area contributed by atoms with Gasteiger partial charge in [0, 0.05) is 11.9 Å². The Morgan fingerprint density at radius 3 is 2.34 bits per heavy atom. The summed E-state index contributed by atoms with van der Waals surface area (Å²) in [5.74, 6) is -1.10. The Bertz CT molecular complexity index is 1040.